The molecule has 0 aliphatic carbocycles. The minimum absolute atomic E-state index is 0. The number of nitrogens with zero attached hydrogens (tertiary/aromatic N) is 2. The molecule has 2 rings (SSSR count). The first-order valence-electron chi connectivity index (χ1n) is 8.28. The molecule has 1 fully saturated rings. The van der Waals surface area contributed by atoms with Gasteiger partial charge < -0.3 is 10.2 Å². The summed E-state index contributed by atoms with van der Waals surface area (Å²) in [7, 11) is -1.97. The Morgan fingerprint density at radius 2 is 1.80 bits per heavy atom. The standard InChI is InChI=1S/C17H27N3O3S.ClH/c1-12(2)19(5)24(22,23)16-8-6-15(7-9-16)17(21)20-11-10-18-13(3)14(20)4;/h6-9,12-14,18H,10-11H2,1-5H3;1H. The summed E-state index contributed by atoms with van der Waals surface area (Å²) in [4.78, 5) is 14.7. The van der Waals surface area contributed by atoms with Gasteiger partial charge >= 0.3 is 0 Å². The van der Waals surface area contributed by atoms with E-state index in [0.717, 1.165) is 6.54 Å². The molecular weight excluding hydrogens is 362 g/mol. The summed E-state index contributed by atoms with van der Waals surface area (Å²) in [5.41, 5.74) is 0.516. The summed E-state index contributed by atoms with van der Waals surface area (Å²) < 4.78 is 26.3. The molecule has 6 nitrogen and oxygen atoms in total. The molecule has 0 saturated carbocycles. The van der Waals surface area contributed by atoms with Gasteiger partial charge in [-0.1, -0.05) is 0 Å². The number of halogens is 1. The lowest BCUT2D eigenvalue weighted by Gasteiger charge is -2.38. The van der Waals surface area contributed by atoms with Gasteiger partial charge in [-0.05, 0) is 52.0 Å². The number of nitrogens with one attached hydrogen (secondary N) is 1. The largest absolute Gasteiger partial charge is 0.333 e. The lowest BCUT2D eigenvalue weighted by Crippen LogP contribution is -2.57. The SMILES string of the molecule is CC1NCCN(C(=O)c2ccc(S(=O)(=O)N(C)C(C)C)cc2)C1C.Cl. The third-order valence-electron chi connectivity index (χ3n) is 4.80. The minimum Gasteiger partial charge on any atom is -0.333 e. The Bertz CT molecular complexity index is 692. The van der Waals surface area contributed by atoms with E-state index in [1.54, 1.807) is 19.2 Å². The van der Waals surface area contributed by atoms with Crippen molar-refractivity contribution in [2.24, 2.45) is 0 Å². The van der Waals surface area contributed by atoms with E-state index in [1.165, 1.54) is 16.4 Å². The van der Waals surface area contributed by atoms with Crippen molar-refractivity contribution in [1.29, 1.82) is 0 Å². The van der Waals surface area contributed by atoms with Crippen molar-refractivity contribution < 1.29 is 13.2 Å². The van der Waals surface area contributed by atoms with Crippen molar-refractivity contribution in [2.75, 3.05) is 20.1 Å². The first kappa shape index (κ1) is 21.9. The molecule has 1 saturated heterocycles. The van der Waals surface area contributed by atoms with Crippen molar-refractivity contribution in [3.63, 3.8) is 0 Å². The molecule has 25 heavy (non-hydrogen) atoms. The van der Waals surface area contributed by atoms with E-state index >= 15 is 0 Å². The summed E-state index contributed by atoms with van der Waals surface area (Å²) in [6, 6.07) is 6.43. The molecule has 1 heterocycles. The van der Waals surface area contributed by atoms with Crippen LogP contribution in [-0.2, 0) is 10.0 Å². The van der Waals surface area contributed by atoms with Gasteiger partial charge in [0.2, 0.25) is 10.0 Å². The first-order valence-corrected chi connectivity index (χ1v) is 9.72. The maximum atomic E-state index is 12.7. The normalized spacial score (nSPS) is 21.3. The van der Waals surface area contributed by atoms with Gasteiger partial charge in [0.15, 0.2) is 0 Å². The van der Waals surface area contributed by atoms with Gasteiger partial charge in [0.25, 0.3) is 5.91 Å². The highest BCUT2D eigenvalue weighted by Crippen LogP contribution is 2.19. The number of benzene rings is 1. The Hall–Kier alpha value is -1.15. The fourth-order valence-electron chi connectivity index (χ4n) is 2.72. The van der Waals surface area contributed by atoms with E-state index in [4.69, 9.17) is 0 Å². The molecule has 0 bridgehead atoms. The zero-order valence-corrected chi connectivity index (χ0v) is 17.0. The molecule has 0 aromatic heterocycles. The molecule has 0 radical (unpaired) electrons. The summed E-state index contributed by atoms with van der Waals surface area (Å²) >= 11 is 0. The quantitative estimate of drug-likeness (QED) is 0.854. The third kappa shape index (κ3) is 4.53. The molecule has 1 N–H and O–H groups in total. The van der Waals surface area contributed by atoms with Gasteiger partial charge in [0, 0.05) is 43.8 Å². The van der Waals surface area contributed by atoms with Crippen LogP contribution in [0.4, 0.5) is 0 Å². The number of carbonyl (C=O) groups is 1. The molecule has 1 aromatic carbocycles. The zero-order valence-electron chi connectivity index (χ0n) is 15.4. The Labute approximate surface area is 157 Å². The molecular formula is C17H28ClN3O3S. The lowest BCUT2D eigenvalue weighted by atomic mass is 10.1. The smallest absolute Gasteiger partial charge is 0.254 e. The van der Waals surface area contributed by atoms with Crippen LogP contribution in [0.1, 0.15) is 38.1 Å². The van der Waals surface area contributed by atoms with Crippen LogP contribution in [0.25, 0.3) is 0 Å². The molecule has 2 unspecified atom stereocenters. The van der Waals surface area contributed by atoms with Gasteiger partial charge in [-0.2, -0.15) is 4.31 Å². The fourth-order valence-corrected chi connectivity index (χ4v) is 4.09. The topological polar surface area (TPSA) is 69.7 Å². The van der Waals surface area contributed by atoms with Crippen LogP contribution in [0.15, 0.2) is 29.2 Å². The highest BCUT2D eigenvalue weighted by Gasteiger charge is 2.29. The van der Waals surface area contributed by atoms with Gasteiger partial charge in [-0.3, -0.25) is 4.79 Å². The van der Waals surface area contributed by atoms with Crippen LogP contribution in [0.2, 0.25) is 0 Å². The zero-order chi connectivity index (χ0) is 18.1. The maximum absolute atomic E-state index is 12.7. The van der Waals surface area contributed by atoms with Crippen LogP contribution in [0.3, 0.4) is 0 Å². The van der Waals surface area contributed by atoms with Crippen LogP contribution in [0, 0.1) is 0 Å². The second-order valence-corrected chi connectivity index (χ2v) is 8.62. The number of amides is 1. The average Bonchev–Trinajstić information content (AvgIpc) is 2.56. The Balaban J connectivity index is 0.00000312. The second-order valence-electron chi connectivity index (χ2n) is 6.62. The van der Waals surface area contributed by atoms with E-state index in [2.05, 4.69) is 12.2 Å². The van der Waals surface area contributed by atoms with Crippen LogP contribution >= 0.6 is 12.4 Å². The van der Waals surface area contributed by atoms with Gasteiger partial charge in [0.1, 0.15) is 0 Å². The van der Waals surface area contributed by atoms with Crippen molar-refractivity contribution in [1.82, 2.24) is 14.5 Å². The highest BCUT2D eigenvalue weighted by molar-refractivity contribution is 7.89. The molecule has 0 spiro atoms. The van der Waals surface area contributed by atoms with Crippen LogP contribution in [0.5, 0.6) is 0 Å². The molecule has 2 atom stereocenters. The lowest BCUT2D eigenvalue weighted by molar-refractivity contribution is 0.0603. The van der Waals surface area contributed by atoms with E-state index in [1.807, 2.05) is 25.7 Å². The monoisotopic (exact) mass is 389 g/mol. The summed E-state index contributed by atoms with van der Waals surface area (Å²) in [6.45, 7) is 9.14. The van der Waals surface area contributed by atoms with E-state index < -0.39 is 10.0 Å². The number of rotatable bonds is 4. The maximum Gasteiger partial charge on any atom is 0.254 e. The van der Waals surface area contributed by atoms with Crippen molar-refractivity contribution in [3.8, 4) is 0 Å². The van der Waals surface area contributed by atoms with Gasteiger partial charge in [-0.15, -0.1) is 12.4 Å². The molecule has 8 heteroatoms. The number of carbonyl (C=O) groups excluding carboxylic acids is 1. The molecule has 142 valence electrons. The Morgan fingerprint density at radius 1 is 1.24 bits per heavy atom. The van der Waals surface area contributed by atoms with Gasteiger partial charge in [0.05, 0.1) is 4.90 Å². The predicted octanol–water partition coefficient (Wildman–Crippen LogP) is 1.96. The first-order chi connectivity index (χ1) is 11.2. The number of sulfonamides is 1. The van der Waals surface area contributed by atoms with E-state index in [9.17, 15) is 13.2 Å². The van der Waals surface area contributed by atoms with Crippen LogP contribution < -0.4 is 5.32 Å². The second kappa shape index (κ2) is 8.49. The van der Waals surface area contributed by atoms with E-state index in [0.29, 0.717) is 12.1 Å². The molecule has 1 aliphatic heterocycles. The highest BCUT2D eigenvalue weighted by atomic mass is 35.5. The Kier molecular flexibility index (Phi) is 7.43. The molecule has 1 aromatic rings. The number of piperazine rings is 1. The van der Waals surface area contributed by atoms with E-state index in [-0.39, 0.29) is 41.3 Å². The third-order valence-corrected chi connectivity index (χ3v) is 6.85. The van der Waals surface area contributed by atoms with Crippen molar-refractivity contribution >= 4 is 28.3 Å². The average molecular weight is 390 g/mol. The summed E-state index contributed by atoms with van der Waals surface area (Å²) in [5.74, 6) is -0.0583. The minimum atomic E-state index is -3.53. The predicted molar refractivity (Wildman–Crippen MR) is 102 cm³/mol. The fraction of sp³-hybridized carbons (Fsp3) is 0.588. The number of hydrogen-bond donors (Lipinski definition) is 1. The van der Waals surface area contributed by atoms with Crippen molar-refractivity contribution in [3.05, 3.63) is 29.8 Å². The van der Waals surface area contributed by atoms with Crippen LogP contribution in [-0.4, -0.2) is 61.8 Å². The summed E-state index contributed by atoms with van der Waals surface area (Å²) in [6.07, 6.45) is 0. The number of hydrogen-bond acceptors (Lipinski definition) is 4. The van der Waals surface area contributed by atoms with Crippen molar-refractivity contribution in [2.45, 2.75) is 50.7 Å². The Morgan fingerprint density at radius 3 is 2.32 bits per heavy atom. The summed E-state index contributed by atoms with van der Waals surface area (Å²) in [5, 5.41) is 3.34. The molecule has 1 aliphatic rings. The van der Waals surface area contributed by atoms with Gasteiger partial charge in [-0.25, -0.2) is 8.42 Å². The molecule has 1 amide bonds.